The van der Waals surface area contributed by atoms with Crippen LogP contribution in [0.4, 0.5) is 4.39 Å². The highest BCUT2D eigenvalue weighted by molar-refractivity contribution is 9.10. The first-order valence-corrected chi connectivity index (χ1v) is 6.70. The number of ether oxygens (including phenoxy) is 1. The third kappa shape index (κ3) is 3.36. The van der Waals surface area contributed by atoms with Gasteiger partial charge in [0.1, 0.15) is 23.1 Å². The number of aryl methyl sites for hydroxylation is 1. The summed E-state index contributed by atoms with van der Waals surface area (Å²) in [5.41, 5.74) is 5.92. The van der Waals surface area contributed by atoms with Crippen LogP contribution in [0.15, 0.2) is 39.2 Å². The van der Waals surface area contributed by atoms with Gasteiger partial charge in [0, 0.05) is 12.1 Å². The van der Waals surface area contributed by atoms with Crippen molar-refractivity contribution in [2.24, 2.45) is 5.73 Å². The molecule has 102 valence electrons. The maximum atomic E-state index is 13.2. The van der Waals surface area contributed by atoms with Crippen LogP contribution >= 0.6 is 15.9 Å². The molecule has 0 saturated carbocycles. The summed E-state index contributed by atoms with van der Waals surface area (Å²) in [7, 11) is 0. The van der Waals surface area contributed by atoms with Gasteiger partial charge in [0.05, 0.1) is 4.47 Å². The predicted octanol–water partition coefficient (Wildman–Crippen LogP) is 3.96. The summed E-state index contributed by atoms with van der Waals surface area (Å²) < 4.78 is 25.2. The summed E-state index contributed by atoms with van der Waals surface area (Å²) in [6, 6.07) is 7.63. The van der Waals surface area contributed by atoms with Crippen LogP contribution in [0.3, 0.4) is 0 Å². The second-order valence-corrected chi connectivity index (χ2v) is 5.28. The van der Waals surface area contributed by atoms with Crippen LogP contribution < -0.4 is 10.5 Å². The maximum Gasteiger partial charge on any atom is 0.171 e. The average Bonchev–Trinajstić information content (AvgIpc) is 2.76. The van der Waals surface area contributed by atoms with Gasteiger partial charge in [-0.05, 0) is 54.0 Å². The molecular weight excluding hydrogens is 313 g/mol. The summed E-state index contributed by atoms with van der Waals surface area (Å²) >= 11 is 3.32. The molecule has 0 aliphatic heterocycles. The summed E-state index contributed by atoms with van der Waals surface area (Å²) in [5, 5.41) is 0. The Hall–Kier alpha value is -1.33. The SMILES string of the molecule is Cc1ccc(C(Oc2cc(F)ccc2Br)C(C)N)o1. The molecule has 5 heteroatoms. The van der Waals surface area contributed by atoms with E-state index in [9.17, 15) is 4.39 Å². The Morgan fingerprint density at radius 1 is 1.32 bits per heavy atom. The second-order valence-electron chi connectivity index (χ2n) is 4.42. The van der Waals surface area contributed by atoms with Crippen LogP contribution in [-0.4, -0.2) is 6.04 Å². The van der Waals surface area contributed by atoms with Gasteiger partial charge in [-0.25, -0.2) is 4.39 Å². The molecule has 2 N–H and O–H groups in total. The minimum atomic E-state index is -0.466. The first-order chi connectivity index (χ1) is 8.97. The van der Waals surface area contributed by atoms with E-state index in [0.29, 0.717) is 16.0 Å². The third-order valence-corrected chi connectivity index (χ3v) is 3.32. The number of hydrogen-bond acceptors (Lipinski definition) is 3. The fraction of sp³-hybridized carbons (Fsp3) is 0.286. The monoisotopic (exact) mass is 327 g/mol. The first-order valence-electron chi connectivity index (χ1n) is 5.91. The van der Waals surface area contributed by atoms with Gasteiger partial charge in [-0.15, -0.1) is 0 Å². The number of rotatable bonds is 4. The molecule has 0 aliphatic carbocycles. The summed E-state index contributed by atoms with van der Waals surface area (Å²) in [4.78, 5) is 0. The van der Waals surface area contributed by atoms with Crippen molar-refractivity contribution >= 4 is 15.9 Å². The molecule has 0 fully saturated rings. The topological polar surface area (TPSA) is 48.4 Å². The Morgan fingerprint density at radius 2 is 2.05 bits per heavy atom. The first kappa shape index (κ1) is 14.1. The fourth-order valence-corrected chi connectivity index (χ4v) is 2.08. The lowest BCUT2D eigenvalue weighted by Crippen LogP contribution is -2.28. The van der Waals surface area contributed by atoms with E-state index in [1.54, 1.807) is 6.07 Å². The average molecular weight is 328 g/mol. The molecule has 1 aromatic carbocycles. The Morgan fingerprint density at radius 3 is 2.63 bits per heavy atom. The van der Waals surface area contributed by atoms with Gasteiger partial charge >= 0.3 is 0 Å². The quantitative estimate of drug-likeness (QED) is 0.924. The van der Waals surface area contributed by atoms with Crippen LogP contribution in [-0.2, 0) is 0 Å². The number of furan rings is 1. The van der Waals surface area contributed by atoms with Gasteiger partial charge in [-0.2, -0.15) is 0 Å². The molecule has 1 aromatic heterocycles. The van der Waals surface area contributed by atoms with Crippen LogP contribution in [0.5, 0.6) is 5.75 Å². The van der Waals surface area contributed by atoms with E-state index in [4.69, 9.17) is 14.9 Å². The van der Waals surface area contributed by atoms with Crippen LogP contribution in [0.25, 0.3) is 0 Å². The molecule has 1 heterocycles. The van der Waals surface area contributed by atoms with Crippen LogP contribution in [0, 0.1) is 12.7 Å². The Bertz CT molecular complexity index is 568. The molecule has 2 unspecified atom stereocenters. The number of hydrogen-bond donors (Lipinski definition) is 1. The van der Waals surface area contributed by atoms with Gasteiger partial charge in [0.25, 0.3) is 0 Å². The minimum absolute atomic E-state index is 0.291. The second kappa shape index (κ2) is 5.75. The molecule has 2 atom stereocenters. The van der Waals surface area contributed by atoms with Crippen molar-refractivity contribution in [3.05, 3.63) is 52.1 Å². The van der Waals surface area contributed by atoms with Gasteiger partial charge in [-0.1, -0.05) is 0 Å². The molecule has 0 spiro atoms. The van der Waals surface area contributed by atoms with Gasteiger partial charge in [0.2, 0.25) is 0 Å². The molecular formula is C14H15BrFNO2. The van der Waals surface area contributed by atoms with Crippen molar-refractivity contribution in [3.8, 4) is 5.75 Å². The van der Waals surface area contributed by atoms with Crippen molar-refractivity contribution in [1.29, 1.82) is 0 Å². The standard InChI is InChI=1S/C14H15BrFNO2/c1-8-3-6-12(18-8)14(9(2)17)19-13-7-10(16)4-5-11(13)15/h3-7,9,14H,17H2,1-2H3. The molecule has 19 heavy (non-hydrogen) atoms. The van der Waals surface area contributed by atoms with Gasteiger partial charge < -0.3 is 14.9 Å². The summed E-state index contributed by atoms with van der Waals surface area (Å²) in [5.74, 6) is 1.44. The lowest BCUT2D eigenvalue weighted by molar-refractivity contribution is 0.150. The Labute approximate surface area is 119 Å². The number of halogens is 2. The van der Waals surface area contributed by atoms with Crippen LogP contribution in [0.1, 0.15) is 24.5 Å². The zero-order chi connectivity index (χ0) is 14.0. The highest BCUT2D eigenvalue weighted by Crippen LogP contribution is 2.31. The lowest BCUT2D eigenvalue weighted by atomic mass is 10.1. The molecule has 0 saturated heterocycles. The van der Waals surface area contributed by atoms with Crippen molar-refractivity contribution in [2.75, 3.05) is 0 Å². The van der Waals surface area contributed by atoms with Crippen LogP contribution in [0.2, 0.25) is 0 Å². The largest absolute Gasteiger partial charge is 0.480 e. The van der Waals surface area contributed by atoms with Gasteiger partial charge in [-0.3, -0.25) is 0 Å². The molecule has 2 rings (SSSR count). The van der Waals surface area contributed by atoms with E-state index in [2.05, 4.69) is 15.9 Å². The zero-order valence-corrected chi connectivity index (χ0v) is 12.3. The smallest absolute Gasteiger partial charge is 0.171 e. The fourth-order valence-electron chi connectivity index (χ4n) is 1.74. The zero-order valence-electron chi connectivity index (χ0n) is 10.7. The molecule has 0 bridgehead atoms. The highest BCUT2D eigenvalue weighted by atomic mass is 79.9. The minimum Gasteiger partial charge on any atom is -0.480 e. The van der Waals surface area contributed by atoms with Crippen molar-refractivity contribution in [1.82, 2.24) is 0 Å². The summed E-state index contributed by atoms with van der Waals surface area (Å²) in [6.07, 6.45) is -0.466. The molecule has 0 aliphatic rings. The third-order valence-electron chi connectivity index (χ3n) is 2.67. The molecule has 0 radical (unpaired) electrons. The Kier molecular flexibility index (Phi) is 4.27. The van der Waals surface area contributed by atoms with E-state index in [1.165, 1.54) is 12.1 Å². The van der Waals surface area contributed by atoms with E-state index in [-0.39, 0.29) is 11.9 Å². The van der Waals surface area contributed by atoms with Crippen molar-refractivity contribution < 1.29 is 13.5 Å². The number of benzene rings is 1. The highest BCUT2D eigenvalue weighted by Gasteiger charge is 2.22. The summed E-state index contributed by atoms with van der Waals surface area (Å²) in [6.45, 7) is 3.66. The van der Waals surface area contributed by atoms with E-state index >= 15 is 0 Å². The molecule has 0 amide bonds. The molecule has 2 aromatic rings. The van der Waals surface area contributed by atoms with E-state index in [0.717, 1.165) is 5.76 Å². The van der Waals surface area contributed by atoms with Crippen molar-refractivity contribution in [3.63, 3.8) is 0 Å². The van der Waals surface area contributed by atoms with Gasteiger partial charge in [0.15, 0.2) is 6.10 Å². The normalized spacial score (nSPS) is 14.2. The lowest BCUT2D eigenvalue weighted by Gasteiger charge is -2.21. The maximum absolute atomic E-state index is 13.2. The molecule has 3 nitrogen and oxygen atoms in total. The number of nitrogens with two attached hydrogens (primary N) is 1. The van der Waals surface area contributed by atoms with E-state index in [1.807, 2.05) is 26.0 Å². The van der Waals surface area contributed by atoms with E-state index < -0.39 is 6.10 Å². The predicted molar refractivity (Wildman–Crippen MR) is 74.6 cm³/mol. The Balaban J connectivity index is 2.29. The van der Waals surface area contributed by atoms with Crippen molar-refractivity contribution in [2.45, 2.75) is 26.0 Å².